The second kappa shape index (κ2) is 9.22. The average molecular weight is 396 g/mol. The van der Waals surface area contributed by atoms with Crippen LogP contribution in [0.2, 0.25) is 0 Å². The Labute approximate surface area is 170 Å². The summed E-state index contributed by atoms with van der Waals surface area (Å²) in [5.74, 6) is 1.22. The van der Waals surface area contributed by atoms with Crippen molar-refractivity contribution in [2.75, 3.05) is 20.2 Å². The van der Waals surface area contributed by atoms with E-state index in [0.717, 1.165) is 31.4 Å². The number of carbonyl (C=O) groups excluding carboxylic acids is 1. The second-order valence-corrected chi connectivity index (χ2v) is 7.71. The van der Waals surface area contributed by atoms with Crippen LogP contribution in [0, 0.1) is 0 Å². The number of likely N-dealkylation sites (N-methyl/N-ethyl adjacent to an activating group) is 1. The van der Waals surface area contributed by atoms with Gasteiger partial charge < -0.3 is 19.0 Å². The molecule has 154 valence electrons. The van der Waals surface area contributed by atoms with E-state index >= 15 is 0 Å². The number of nitrogens with zero attached hydrogens (tertiary/aromatic N) is 3. The third-order valence-corrected chi connectivity index (χ3v) is 5.52. The highest BCUT2D eigenvalue weighted by Gasteiger charge is 2.19. The molecule has 1 amide bonds. The minimum absolute atomic E-state index is 0.0812. The molecule has 0 saturated carbocycles. The van der Waals surface area contributed by atoms with Crippen LogP contribution in [-0.4, -0.2) is 52.3 Å². The summed E-state index contributed by atoms with van der Waals surface area (Å²) in [5, 5.41) is 9.47. The molecule has 2 aromatic heterocycles. The fourth-order valence-electron chi connectivity index (χ4n) is 3.83. The standard InChI is InChI=1S/C22H28N4O3/c1-26(15-17-6-4-5-13-28-17)22(27)12-11-21-25-24-20(29-21)10-9-16-14-23-19-8-3-2-7-18(16)19/h2-3,7-8,14,17,23H,4-6,9-13,15H2,1H3/t17-/m0/s1. The van der Waals surface area contributed by atoms with Crippen LogP contribution in [0.5, 0.6) is 0 Å². The number of para-hydroxylation sites is 1. The number of hydrogen-bond acceptors (Lipinski definition) is 5. The summed E-state index contributed by atoms with van der Waals surface area (Å²) in [6.07, 6.45) is 7.87. The van der Waals surface area contributed by atoms with Gasteiger partial charge in [-0.2, -0.15) is 0 Å². The molecule has 7 nitrogen and oxygen atoms in total. The second-order valence-electron chi connectivity index (χ2n) is 7.71. The van der Waals surface area contributed by atoms with Gasteiger partial charge in [-0.25, -0.2) is 0 Å². The van der Waals surface area contributed by atoms with Crippen LogP contribution in [0.15, 0.2) is 34.9 Å². The number of amides is 1. The quantitative estimate of drug-likeness (QED) is 0.632. The van der Waals surface area contributed by atoms with E-state index in [1.807, 2.05) is 25.4 Å². The number of aryl methyl sites for hydroxylation is 3. The predicted molar refractivity (Wildman–Crippen MR) is 110 cm³/mol. The number of nitrogens with one attached hydrogen (secondary N) is 1. The summed E-state index contributed by atoms with van der Waals surface area (Å²) in [4.78, 5) is 17.4. The van der Waals surface area contributed by atoms with Gasteiger partial charge in [-0.05, 0) is 37.3 Å². The Balaban J connectivity index is 1.24. The lowest BCUT2D eigenvalue weighted by molar-refractivity contribution is -0.132. The van der Waals surface area contributed by atoms with Crippen LogP contribution < -0.4 is 0 Å². The SMILES string of the molecule is CN(C[C@@H]1CCCCO1)C(=O)CCc1nnc(CCc2c[nH]c3ccccc23)o1. The summed E-state index contributed by atoms with van der Waals surface area (Å²) in [6.45, 7) is 1.45. The predicted octanol–water partition coefficient (Wildman–Crippen LogP) is 3.30. The van der Waals surface area contributed by atoms with Crippen molar-refractivity contribution in [3.63, 3.8) is 0 Å². The first-order valence-corrected chi connectivity index (χ1v) is 10.4. The molecular weight excluding hydrogens is 368 g/mol. The topological polar surface area (TPSA) is 84.2 Å². The Morgan fingerprint density at radius 2 is 2.00 bits per heavy atom. The lowest BCUT2D eigenvalue weighted by Gasteiger charge is -2.27. The number of benzene rings is 1. The van der Waals surface area contributed by atoms with Crippen LogP contribution in [0.1, 0.15) is 43.0 Å². The van der Waals surface area contributed by atoms with Gasteiger partial charge in [-0.1, -0.05) is 18.2 Å². The highest BCUT2D eigenvalue weighted by molar-refractivity contribution is 5.83. The molecule has 1 aliphatic heterocycles. The number of rotatable bonds is 8. The summed E-state index contributed by atoms with van der Waals surface area (Å²) >= 11 is 0. The lowest BCUT2D eigenvalue weighted by atomic mass is 10.1. The monoisotopic (exact) mass is 396 g/mol. The molecule has 0 radical (unpaired) electrons. The van der Waals surface area contributed by atoms with E-state index in [0.29, 0.717) is 37.6 Å². The number of aromatic amines is 1. The summed E-state index contributed by atoms with van der Waals surface area (Å²) < 4.78 is 11.5. The zero-order valence-corrected chi connectivity index (χ0v) is 16.9. The summed E-state index contributed by atoms with van der Waals surface area (Å²) in [7, 11) is 1.83. The molecule has 1 aromatic carbocycles. The molecule has 4 rings (SSSR count). The van der Waals surface area contributed by atoms with Crippen LogP contribution in [0.4, 0.5) is 0 Å². The van der Waals surface area contributed by atoms with Gasteiger partial charge in [-0.15, -0.1) is 10.2 Å². The third kappa shape index (κ3) is 5.03. The van der Waals surface area contributed by atoms with E-state index in [9.17, 15) is 4.79 Å². The van der Waals surface area contributed by atoms with Crippen molar-refractivity contribution >= 4 is 16.8 Å². The maximum Gasteiger partial charge on any atom is 0.222 e. The normalized spacial score (nSPS) is 16.9. The lowest BCUT2D eigenvalue weighted by Crippen LogP contribution is -2.37. The molecule has 0 unspecified atom stereocenters. The molecule has 0 aliphatic carbocycles. The molecule has 1 fully saturated rings. The Morgan fingerprint density at radius 3 is 2.83 bits per heavy atom. The minimum atomic E-state index is 0.0812. The molecule has 7 heteroatoms. The molecule has 1 atom stereocenters. The molecular formula is C22H28N4O3. The van der Waals surface area contributed by atoms with Crippen LogP contribution in [0.3, 0.4) is 0 Å². The largest absolute Gasteiger partial charge is 0.425 e. The highest BCUT2D eigenvalue weighted by Crippen LogP contribution is 2.19. The molecule has 3 heterocycles. The average Bonchev–Trinajstić information content (AvgIpc) is 3.38. The van der Waals surface area contributed by atoms with Crippen molar-refractivity contribution in [2.24, 2.45) is 0 Å². The van der Waals surface area contributed by atoms with Gasteiger partial charge in [-0.3, -0.25) is 4.79 Å². The molecule has 3 aromatic rings. The van der Waals surface area contributed by atoms with Gasteiger partial charge in [0.15, 0.2) is 0 Å². The highest BCUT2D eigenvalue weighted by atomic mass is 16.5. The number of hydrogen-bond donors (Lipinski definition) is 1. The van der Waals surface area contributed by atoms with Crippen molar-refractivity contribution in [1.82, 2.24) is 20.1 Å². The van der Waals surface area contributed by atoms with Crippen molar-refractivity contribution in [1.29, 1.82) is 0 Å². The molecule has 1 N–H and O–H groups in total. The summed E-state index contributed by atoms with van der Waals surface area (Å²) in [6, 6.07) is 8.24. The van der Waals surface area contributed by atoms with Crippen LogP contribution >= 0.6 is 0 Å². The van der Waals surface area contributed by atoms with E-state index < -0.39 is 0 Å². The third-order valence-electron chi connectivity index (χ3n) is 5.52. The van der Waals surface area contributed by atoms with Gasteiger partial charge in [0, 0.05) is 56.6 Å². The maximum absolute atomic E-state index is 12.4. The number of carbonyl (C=O) groups is 1. The summed E-state index contributed by atoms with van der Waals surface area (Å²) in [5.41, 5.74) is 2.37. The van der Waals surface area contributed by atoms with E-state index in [-0.39, 0.29) is 12.0 Å². The Morgan fingerprint density at radius 1 is 1.17 bits per heavy atom. The van der Waals surface area contributed by atoms with Crippen molar-refractivity contribution in [2.45, 2.75) is 51.0 Å². The fraction of sp³-hybridized carbons (Fsp3) is 0.500. The van der Waals surface area contributed by atoms with Crippen LogP contribution in [-0.2, 0) is 28.8 Å². The van der Waals surface area contributed by atoms with Crippen LogP contribution in [0.25, 0.3) is 10.9 Å². The van der Waals surface area contributed by atoms with Gasteiger partial charge in [0.05, 0.1) is 6.10 Å². The Bertz CT molecular complexity index is 942. The number of H-pyrrole nitrogens is 1. The van der Waals surface area contributed by atoms with Gasteiger partial charge >= 0.3 is 0 Å². The number of fused-ring (bicyclic) bond motifs is 1. The molecule has 29 heavy (non-hydrogen) atoms. The smallest absolute Gasteiger partial charge is 0.222 e. The van der Waals surface area contributed by atoms with E-state index in [4.69, 9.17) is 9.15 Å². The number of ether oxygens (including phenoxy) is 1. The van der Waals surface area contributed by atoms with Gasteiger partial charge in [0.2, 0.25) is 17.7 Å². The first-order valence-electron chi connectivity index (χ1n) is 10.4. The van der Waals surface area contributed by atoms with E-state index in [1.54, 1.807) is 4.90 Å². The molecule has 1 saturated heterocycles. The van der Waals surface area contributed by atoms with Gasteiger partial charge in [0.25, 0.3) is 0 Å². The zero-order valence-electron chi connectivity index (χ0n) is 16.9. The zero-order chi connectivity index (χ0) is 20.1. The van der Waals surface area contributed by atoms with E-state index in [1.165, 1.54) is 17.4 Å². The maximum atomic E-state index is 12.4. The fourth-order valence-corrected chi connectivity index (χ4v) is 3.83. The number of aromatic nitrogens is 3. The molecule has 0 bridgehead atoms. The van der Waals surface area contributed by atoms with E-state index in [2.05, 4.69) is 27.3 Å². The van der Waals surface area contributed by atoms with Crippen molar-refractivity contribution in [3.05, 3.63) is 47.8 Å². The first-order chi connectivity index (χ1) is 14.2. The minimum Gasteiger partial charge on any atom is -0.425 e. The molecule has 1 aliphatic rings. The molecule has 0 spiro atoms. The van der Waals surface area contributed by atoms with Crippen molar-refractivity contribution < 1.29 is 13.9 Å². The van der Waals surface area contributed by atoms with Crippen molar-refractivity contribution in [3.8, 4) is 0 Å². The Kier molecular flexibility index (Phi) is 6.24. The van der Waals surface area contributed by atoms with Gasteiger partial charge in [0.1, 0.15) is 0 Å². The first kappa shape index (κ1) is 19.6. The Hall–Kier alpha value is -2.67.